The Morgan fingerprint density at radius 2 is 2.21 bits per heavy atom. The van der Waals surface area contributed by atoms with E-state index in [0.717, 1.165) is 6.07 Å². The minimum absolute atomic E-state index is 0.00172. The molecule has 0 radical (unpaired) electrons. The van der Waals surface area contributed by atoms with Gasteiger partial charge in [-0.05, 0) is 12.1 Å². The molecule has 0 bridgehead atoms. The van der Waals surface area contributed by atoms with Gasteiger partial charge in [0.15, 0.2) is 11.6 Å². The molecule has 1 aromatic carbocycles. The highest BCUT2D eigenvalue weighted by Crippen LogP contribution is 2.30. The number of aryl methyl sites for hydroxylation is 1. The molecule has 1 fully saturated rings. The largest absolute Gasteiger partial charge is 0.494 e. The maximum atomic E-state index is 13.6. The van der Waals surface area contributed by atoms with Crippen LogP contribution in [0.2, 0.25) is 0 Å². The summed E-state index contributed by atoms with van der Waals surface area (Å²) in [6.07, 6.45) is 3.41. The summed E-state index contributed by atoms with van der Waals surface area (Å²) in [5, 5.41) is 3.19. The minimum Gasteiger partial charge on any atom is -0.494 e. The van der Waals surface area contributed by atoms with Crippen LogP contribution in [0.25, 0.3) is 0 Å². The molecule has 3 rings (SSSR count). The van der Waals surface area contributed by atoms with E-state index in [1.807, 2.05) is 7.05 Å². The van der Waals surface area contributed by atoms with E-state index in [4.69, 9.17) is 4.74 Å². The van der Waals surface area contributed by atoms with Crippen LogP contribution in [0.4, 0.5) is 4.39 Å². The standard InChI is InChI=1S/C15H19FN4O3S/c1-19-7-6-18-15(19)13-10-17-5-8-20(13)24(21,22)11-3-4-12(16)14(9-11)23-2/h3-4,6-7,9,13,17H,5,8,10H2,1-2H3. The maximum Gasteiger partial charge on any atom is 0.243 e. The van der Waals surface area contributed by atoms with E-state index < -0.39 is 21.9 Å². The Bertz CT molecular complexity index is 837. The van der Waals surface area contributed by atoms with Gasteiger partial charge in [-0.25, -0.2) is 17.8 Å². The van der Waals surface area contributed by atoms with Gasteiger partial charge in [0, 0.05) is 45.1 Å². The Morgan fingerprint density at radius 3 is 2.88 bits per heavy atom. The predicted octanol–water partition coefficient (Wildman–Crippen LogP) is 0.903. The van der Waals surface area contributed by atoms with Crippen molar-refractivity contribution in [2.45, 2.75) is 10.9 Å². The van der Waals surface area contributed by atoms with Crippen molar-refractivity contribution in [3.63, 3.8) is 0 Å². The first-order valence-electron chi connectivity index (χ1n) is 7.48. The van der Waals surface area contributed by atoms with Crippen molar-refractivity contribution in [2.24, 2.45) is 7.05 Å². The molecule has 130 valence electrons. The molecule has 24 heavy (non-hydrogen) atoms. The quantitative estimate of drug-likeness (QED) is 0.883. The third-order valence-electron chi connectivity index (χ3n) is 4.08. The summed E-state index contributed by atoms with van der Waals surface area (Å²) in [6, 6.07) is 3.14. The fourth-order valence-electron chi connectivity index (χ4n) is 2.83. The van der Waals surface area contributed by atoms with E-state index in [-0.39, 0.29) is 10.6 Å². The van der Waals surface area contributed by atoms with Gasteiger partial charge in [0.25, 0.3) is 0 Å². The molecule has 1 aliphatic heterocycles. The second kappa shape index (κ2) is 6.50. The molecule has 0 spiro atoms. The van der Waals surface area contributed by atoms with Crippen molar-refractivity contribution in [3.8, 4) is 5.75 Å². The number of sulfonamides is 1. The van der Waals surface area contributed by atoms with E-state index in [9.17, 15) is 12.8 Å². The fourth-order valence-corrected chi connectivity index (χ4v) is 4.43. The van der Waals surface area contributed by atoms with Crippen molar-refractivity contribution >= 4 is 10.0 Å². The van der Waals surface area contributed by atoms with Gasteiger partial charge in [0.2, 0.25) is 10.0 Å². The first-order valence-corrected chi connectivity index (χ1v) is 8.92. The summed E-state index contributed by atoms with van der Waals surface area (Å²) in [5.74, 6) is -0.0444. The van der Waals surface area contributed by atoms with Crippen molar-refractivity contribution in [2.75, 3.05) is 26.7 Å². The molecule has 1 saturated heterocycles. The topological polar surface area (TPSA) is 76.5 Å². The van der Waals surface area contributed by atoms with Crippen molar-refractivity contribution in [3.05, 3.63) is 42.2 Å². The number of imidazole rings is 1. The van der Waals surface area contributed by atoms with Gasteiger partial charge in [0.1, 0.15) is 5.82 Å². The number of ether oxygens (including phenoxy) is 1. The van der Waals surface area contributed by atoms with Crippen LogP contribution in [-0.2, 0) is 17.1 Å². The number of rotatable bonds is 4. The molecule has 0 saturated carbocycles. The highest BCUT2D eigenvalue weighted by atomic mass is 32.2. The van der Waals surface area contributed by atoms with Crippen LogP contribution in [0.5, 0.6) is 5.75 Å². The molecule has 9 heteroatoms. The second-order valence-corrected chi connectivity index (χ2v) is 7.42. The molecule has 1 aliphatic rings. The van der Waals surface area contributed by atoms with Crippen LogP contribution in [0.15, 0.2) is 35.5 Å². The Hall–Kier alpha value is -1.97. The molecule has 2 aromatic rings. The predicted molar refractivity (Wildman–Crippen MR) is 85.7 cm³/mol. The number of benzene rings is 1. The van der Waals surface area contributed by atoms with E-state index in [1.165, 1.54) is 23.5 Å². The number of halogens is 1. The average molecular weight is 354 g/mol. The van der Waals surface area contributed by atoms with E-state index in [0.29, 0.717) is 25.5 Å². The van der Waals surface area contributed by atoms with Gasteiger partial charge in [-0.15, -0.1) is 0 Å². The van der Waals surface area contributed by atoms with Crippen LogP contribution in [0.3, 0.4) is 0 Å². The lowest BCUT2D eigenvalue weighted by atomic mass is 10.2. The number of nitrogens with one attached hydrogen (secondary N) is 1. The zero-order valence-electron chi connectivity index (χ0n) is 13.4. The maximum absolute atomic E-state index is 13.6. The van der Waals surface area contributed by atoms with Gasteiger partial charge >= 0.3 is 0 Å². The van der Waals surface area contributed by atoms with Gasteiger partial charge in [-0.3, -0.25) is 0 Å². The molecule has 0 aliphatic carbocycles. The van der Waals surface area contributed by atoms with Crippen LogP contribution < -0.4 is 10.1 Å². The lowest BCUT2D eigenvalue weighted by Gasteiger charge is -2.34. The van der Waals surface area contributed by atoms with Crippen molar-refractivity contribution in [1.82, 2.24) is 19.2 Å². The van der Waals surface area contributed by atoms with E-state index >= 15 is 0 Å². The third kappa shape index (κ3) is 2.90. The summed E-state index contributed by atoms with van der Waals surface area (Å²) >= 11 is 0. The Kier molecular flexibility index (Phi) is 4.57. The molecule has 1 unspecified atom stereocenters. The smallest absolute Gasteiger partial charge is 0.243 e. The van der Waals surface area contributed by atoms with Crippen molar-refractivity contribution in [1.29, 1.82) is 0 Å². The monoisotopic (exact) mass is 354 g/mol. The molecule has 2 heterocycles. The summed E-state index contributed by atoms with van der Waals surface area (Å²) in [5.41, 5.74) is 0. The molecule has 0 amide bonds. The average Bonchev–Trinajstić information content (AvgIpc) is 3.01. The third-order valence-corrected chi connectivity index (χ3v) is 5.98. The zero-order valence-corrected chi connectivity index (χ0v) is 14.3. The number of nitrogens with zero attached hydrogens (tertiary/aromatic N) is 3. The lowest BCUT2D eigenvalue weighted by Crippen LogP contribution is -2.49. The normalized spacial score (nSPS) is 19.4. The molecule has 1 atom stereocenters. The Balaban J connectivity index is 2.02. The first-order chi connectivity index (χ1) is 11.4. The van der Waals surface area contributed by atoms with Crippen LogP contribution >= 0.6 is 0 Å². The highest BCUT2D eigenvalue weighted by Gasteiger charge is 2.36. The highest BCUT2D eigenvalue weighted by molar-refractivity contribution is 7.89. The van der Waals surface area contributed by atoms with Crippen LogP contribution in [-0.4, -0.2) is 49.0 Å². The number of hydrogen-bond donors (Lipinski definition) is 1. The molecule has 7 nitrogen and oxygen atoms in total. The second-order valence-electron chi connectivity index (χ2n) is 5.53. The molecule has 1 N–H and O–H groups in total. The number of methoxy groups -OCH3 is 1. The summed E-state index contributed by atoms with van der Waals surface area (Å²) in [6.45, 7) is 1.31. The minimum atomic E-state index is -3.81. The van der Waals surface area contributed by atoms with E-state index in [1.54, 1.807) is 17.0 Å². The van der Waals surface area contributed by atoms with Crippen LogP contribution in [0, 0.1) is 5.82 Å². The van der Waals surface area contributed by atoms with Crippen molar-refractivity contribution < 1.29 is 17.5 Å². The summed E-state index contributed by atoms with van der Waals surface area (Å²) in [7, 11) is -0.686. The van der Waals surface area contributed by atoms with Gasteiger partial charge in [0.05, 0.1) is 18.0 Å². The van der Waals surface area contributed by atoms with Gasteiger partial charge < -0.3 is 14.6 Å². The molecular formula is C15H19FN4O3S. The van der Waals surface area contributed by atoms with Gasteiger partial charge in [-0.2, -0.15) is 4.31 Å². The van der Waals surface area contributed by atoms with Gasteiger partial charge in [-0.1, -0.05) is 0 Å². The first kappa shape index (κ1) is 16.9. The Morgan fingerprint density at radius 1 is 1.42 bits per heavy atom. The number of aromatic nitrogens is 2. The fraction of sp³-hybridized carbons (Fsp3) is 0.400. The molecule has 1 aromatic heterocycles. The van der Waals surface area contributed by atoms with E-state index in [2.05, 4.69) is 10.3 Å². The number of piperazine rings is 1. The Labute approximate surface area is 140 Å². The lowest BCUT2D eigenvalue weighted by molar-refractivity contribution is 0.258. The van der Waals surface area contributed by atoms with Crippen LogP contribution in [0.1, 0.15) is 11.9 Å². The number of hydrogen-bond acceptors (Lipinski definition) is 5. The molecular weight excluding hydrogens is 335 g/mol. The summed E-state index contributed by atoms with van der Waals surface area (Å²) in [4.78, 5) is 4.28. The summed E-state index contributed by atoms with van der Waals surface area (Å²) < 4.78 is 47.8. The SMILES string of the molecule is COc1cc(S(=O)(=O)N2CCNCC2c2nccn2C)ccc1F. The zero-order chi connectivity index (χ0) is 17.3.